The number of benzene rings is 3. The number of hydrogen-bond donors (Lipinski definition) is 1. The van der Waals surface area contributed by atoms with Crippen LogP contribution in [0, 0.1) is 6.92 Å². The minimum atomic E-state index is -0.269. The summed E-state index contributed by atoms with van der Waals surface area (Å²) < 4.78 is 0. The van der Waals surface area contributed by atoms with E-state index in [9.17, 15) is 9.59 Å². The van der Waals surface area contributed by atoms with Gasteiger partial charge >= 0.3 is 0 Å². The lowest BCUT2D eigenvalue weighted by Gasteiger charge is -2.22. The van der Waals surface area contributed by atoms with Gasteiger partial charge in [0.1, 0.15) is 5.70 Å². The van der Waals surface area contributed by atoms with Crippen LogP contribution in [0.4, 0.5) is 0 Å². The number of aryl methyl sites for hydroxylation is 1. The fourth-order valence-corrected chi connectivity index (χ4v) is 4.03. The summed E-state index contributed by atoms with van der Waals surface area (Å²) in [5.41, 5.74) is 2.87. The summed E-state index contributed by atoms with van der Waals surface area (Å²) in [5.74, 6) is -0.384. The number of carbonyl (C=O) groups excluding carboxylic acids is 2. The topological polar surface area (TPSA) is 49.4 Å². The average molecular weight is 413 g/mol. The third-order valence-electron chi connectivity index (χ3n) is 5.81. The molecule has 0 aliphatic carbocycles. The number of carbonyl (C=O) groups is 2. The highest BCUT2D eigenvalue weighted by Crippen LogP contribution is 2.22. The van der Waals surface area contributed by atoms with Crippen molar-refractivity contribution >= 4 is 28.7 Å². The minimum Gasteiger partial charge on any atom is -0.337 e. The first-order chi connectivity index (χ1) is 15.1. The van der Waals surface area contributed by atoms with Crippen LogP contribution in [0.25, 0.3) is 16.8 Å². The number of hydrogen-bond acceptors (Lipinski definition) is 2. The van der Waals surface area contributed by atoms with Gasteiger partial charge in [-0.2, -0.15) is 0 Å². The van der Waals surface area contributed by atoms with Crippen molar-refractivity contribution in [3.63, 3.8) is 0 Å². The highest BCUT2D eigenvalue weighted by molar-refractivity contribution is 6.06. The van der Waals surface area contributed by atoms with Gasteiger partial charge in [0.2, 0.25) is 0 Å². The molecule has 1 aliphatic heterocycles. The predicted octanol–water partition coefficient (Wildman–Crippen LogP) is 5.32. The van der Waals surface area contributed by atoms with E-state index >= 15 is 0 Å². The van der Waals surface area contributed by atoms with Gasteiger partial charge in [0.05, 0.1) is 0 Å². The summed E-state index contributed by atoms with van der Waals surface area (Å²) in [6.45, 7) is 3.44. The van der Waals surface area contributed by atoms with Gasteiger partial charge < -0.3 is 10.2 Å². The zero-order valence-electron chi connectivity index (χ0n) is 17.9. The average Bonchev–Trinajstić information content (AvgIpc) is 3.08. The second kappa shape index (κ2) is 9.61. The smallest absolute Gasteiger partial charge is 0.270 e. The van der Waals surface area contributed by atoms with E-state index in [0.717, 1.165) is 60.7 Å². The Bertz CT molecular complexity index is 1100. The van der Waals surface area contributed by atoms with Crippen LogP contribution in [0.15, 0.2) is 72.4 Å². The Kier molecular flexibility index (Phi) is 6.46. The zero-order valence-corrected chi connectivity index (χ0v) is 17.9. The molecular weight excluding hydrogens is 384 g/mol. The molecule has 158 valence electrons. The summed E-state index contributed by atoms with van der Waals surface area (Å²) in [6, 6.07) is 21.5. The van der Waals surface area contributed by atoms with Crippen molar-refractivity contribution in [3.8, 4) is 0 Å². The molecule has 1 saturated heterocycles. The summed E-state index contributed by atoms with van der Waals surface area (Å²) in [5, 5.41) is 5.07. The van der Waals surface area contributed by atoms with Crippen LogP contribution in [-0.2, 0) is 4.79 Å². The largest absolute Gasteiger partial charge is 0.337 e. The van der Waals surface area contributed by atoms with Crippen molar-refractivity contribution in [2.24, 2.45) is 0 Å². The Morgan fingerprint density at radius 1 is 0.839 bits per heavy atom. The lowest BCUT2D eigenvalue weighted by Crippen LogP contribution is -2.39. The molecule has 4 heteroatoms. The van der Waals surface area contributed by atoms with Crippen LogP contribution < -0.4 is 5.32 Å². The van der Waals surface area contributed by atoms with Gasteiger partial charge in [-0.15, -0.1) is 0 Å². The van der Waals surface area contributed by atoms with Crippen molar-refractivity contribution in [2.45, 2.75) is 32.6 Å². The molecule has 0 radical (unpaired) electrons. The lowest BCUT2D eigenvalue weighted by atomic mass is 10.0. The molecule has 0 bridgehead atoms. The molecular formula is C27H28N2O2. The molecule has 3 aromatic rings. The van der Waals surface area contributed by atoms with Crippen LogP contribution in [0.2, 0.25) is 0 Å². The molecule has 0 aromatic heterocycles. The maximum atomic E-state index is 13.5. The molecule has 0 unspecified atom stereocenters. The standard InChI is InChI=1S/C27H28N2O2/c1-20-13-15-22(16-14-20)26(30)28-25(27(31)29-17-6-2-3-7-18-29)19-23-11-8-10-21-9-4-5-12-24(21)23/h4-5,8-16,19H,2-3,6-7,17-18H2,1H3,(H,28,30)/b25-19-. The molecule has 0 spiro atoms. The SMILES string of the molecule is Cc1ccc(C(=O)N/C(=C\c2cccc3ccccc23)C(=O)N2CCCCCC2)cc1. The summed E-state index contributed by atoms with van der Waals surface area (Å²) in [6.07, 6.45) is 6.10. The van der Waals surface area contributed by atoms with Crippen molar-refractivity contribution < 1.29 is 9.59 Å². The first-order valence-electron chi connectivity index (χ1n) is 11.0. The number of likely N-dealkylation sites (tertiary alicyclic amines) is 1. The maximum Gasteiger partial charge on any atom is 0.270 e. The normalized spacial score (nSPS) is 14.9. The Hall–Kier alpha value is -3.40. The van der Waals surface area contributed by atoms with Crippen LogP contribution in [-0.4, -0.2) is 29.8 Å². The summed E-state index contributed by atoms with van der Waals surface area (Å²) in [7, 11) is 0. The van der Waals surface area contributed by atoms with Crippen LogP contribution in [0.5, 0.6) is 0 Å². The molecule has 4 rings (SSSR count). The number of amides is 2. The summed E-state index contributed by atoms with van der Waals surface area (Å²) in [4.78, 5) is 28.3. The van der Waals surface area contributed by atoms with Gasteiger partial charge in [0.15, 0.2) is 0 Å². The fourth-order valence-electron chi connectivity index (χ4n) is 4.03. The van der Waals surface area contributed by atoms with E-state index in [-0.39, 0.29) is 11.8 Å². The second-order valence-corrected chi connectivity index (χ2v) is 8.15. The van der Waals surface area contributed by atoms with Crippen molar-refractivity contribution in [3.05, 3.63) is 89.1 Å². The number of nitrogens with zero attached hydrogens (tertiary/aromatic N) is 1. The van der Waals surface area contributed by atoms with Gasteiger partial charge in [-0.25, -0.2) is 0 Å². The van der Waals surface area contributed by atoms with E-state index < -0.39 is 0 Å². The van der Waals surface area contributed by atoms with Crippen LogP contribution in [0.1, 0.15) is 47.2 Å². The minimum absolute atomic E-state index is 0.115. The van der Waals surface area contributed by atoms with Crippen molar-refractivity contribution in [1.29, 1.82) is 0 Å². The molecule has 0 saturated carbocycles. The number of rotatable bonds is 4. The van der Waals surface area contributed by atoms with Gasteiger partial charge in [-0.05, 0) is 54.3 Å². The maximum absolute atomic E-state index is 13.5. The van der Waals surface area contributed by atoms with Crippen molar-refractivity contribution in [1.82, 2.24) is 10.2 Å². The Morgan fingerprint density at radius 3 is 2.26 bits per heavy atom. The molecule has 3 aromatic carbocycles. The molecule has 1 aliphatic rings. The first-order valence-corrected chi connectivity index (χ1v) is 11.0. The molecule has 1 heterocycles. The molecule has 4 nitrogen and oxygen atoms in total. The van der Waals surface area contributed by atoms with E-state index in [1.54, 1.807) is 12.1 Å². The van der Waals surface area contributed by atoms with Crippen molar-refractivity contribution in [2.75, 3.05) is 13.1 Å². The Labute approximate surface area is 183 Å². The predicted molar refractivity (Wildman–Crippen MR) is 126 cm³/mol. The van der Waals surface area contributed by atoms with E-state index in [2.05, 4.69) is 5.32 Å². The molecule has 2 amide bonds. The first kappa shape index (κ1) is 20.9. The highest BCUT2D eigenvalue weighted by Gasteiger charge is 2.22. The lowest BCUT2D eigenvalue weighted by molar-refractivity contribution is -0.127. The van der Waals surface area contributed by atoms with Gasteiger partial charge in [-0.1, -0.05) is 73.0 Å². The third-order valence-corrected chi connectivity index (χ3v) is 5.81. The van der Waals surface area contributed by atoms with E-state index in [1.807, 2.05) is 72.5 Å². The summed E-state index contributed by atoms with van der Waals surface area (Å²) >= 11 is 0. The van der Waals surface area contributed by atoms with Crippen LogP contribution in [0.3, 0.4) is 0 Å². The molecule has 31 heavy (non-hydrogen) atoms. The number of fused-ring (bicyclic) bond motifs is 1. The number of nitrogens with one attached hydrogen (secondary N) is 1. The third kappa shape index (κ3) is 5.02. The van der Waals surface area contributed by atoms with Gasteiger partial charge in [0.25, 0.3) is 11.8 Å². The quantitative estimate of drug-likeness (QED) is 0.590. The zero-order chi connectivity index (χ0) is 21.6. The van der Waals surface area contributed by atoms with Gasteiger partial charge in [-0.3, -0.25) is 9.59 Å². The van der Waals surface area contributed by atoms with E-state index in [4.69, 9.17) is 0 Å². The van der Waals surface area contributed by atoms with Gasteiger partial charge in [0, 0.05) is 18.7 Å². The Morgan fingerprint density at radius 2 is 1.52 bits per heavy atom. The molecule has 0 atom stereocenters. The Balaban J connectivity index is 1.70. The van der Waals surface area contributed by atoms with E-state index in [0.29, 0.717) is 11.3 Å². The molecule has 1 fully saturated rings. The van der Waals surface area contributed by atoms with Crippen LogP contribution >= 0.6 is 0 Å². The van der Waals surface area contributed by atoms with E-state index in [1.165, 1.54) is 0 Å². The fraction of sp³-hybridized carbons (Fsp3) is 0.259. The highest BCUT2D eigenvalue weighted by atomic mass is 16.2. The second-order valence-electron chi connectivity index (χ2n) is 8.15. The molecule has 1 N–H and O–H groups in total. The monoisotopic (exact) mass is 412 g/mol.